The Bertz CT molecular complexity index is 748. The molecule has 0 spiro atoms. The van der Waals surface area contributed by atoms with Crippen molar-refractivity contribution in [1.29, 1.82) is 0 Å². The Hall–Kier alpha value is -1.65. The standard InChI is InChI=1S/C21H28N2O2/c1-3-14-13-23-10-8-15(14)11-20(23)21(24)17-7-9-22-19-6-5-16(25-4-2)12-18(17)19/h5-7,9,12,14-15,20-21,24H,3-4,8,10-11,13H2,1-2H3/t14-,15?,20?,21-/m1/s1. The molecule has 4 nitrogen and oxygen atoms in total. The van der Waals surface area contributed by atoms with Gasteiger partial charge in [-0.25, -0.2) is 0 Å². The minimum Gasteiger partial charge on any atom is -0.494 e. The van der Waals surface area contributed by atoms with E-state index in [9.17, 15) is 5.11 Å². The van der Waals surface area contributed by atoms with Crippen LogP contribution in [0.5, 0.6) is 5.75 Å². The summed E-state index contributed by atoms with van der Waals surface area (Å²) in [4.78, 5) is 6.98. The number of pyridine rings is 1. The van der Waals surface area contributed by atoms with Gasteiger partial charge in [-0.05, 0) is 68.0 Å². The molecule has 3 aliphatic rings. The number of nitrogens with zero attached hydrogens (tertiary/aromatic N) is 2. The van der Waals surface area contributed by atoms with Crippen LogP contribution in [-0.2, 0) is 0 Å². The summed E-state index contributed by atoms with van der Waals surface area (Å²) in [6.07, 6.45) is 4.98. The van der Waals surface area contributed by atoms with Gasteiger partial charge in [0.2, 0.25) is 0 Å². The fraction of sp³-hybridized carbons (Fsp3) is 0.571. The molecule has 0 radical (unpaired) electrons. The molecule has 5 atom stereocenters. The third-order valence-corrected chi connectivity index (χ3v) is 6.20. The van der Waals surface area contributed by atoms with Crippen LogP contribution in [0.4, 0.5) is 0 Å². The highest BCUT2D eigenvalue weighted by molar-refractivity contribution is 5.83. The highest BCUT2D eigenvalue weighted by Gasteiger charge is 2.42. The second kappa shape index (κ2) is 6.93. The van der Waals surface area contributed by atoms with Crippen molar-refractivity contribution in [3.05, 3.63) is 36.0 Å². The number of hydrogen-bond donors (Lipinski definition) is 1. The van der Waals surface area contributed by atoms with Crippen LogP contribution in [0.3, 0.4) is 0 Å². The fourth-order valence-corrected chi connectivity index (χ4v) is 4.84. The van der Waals surface area contributed by atoms with Crippen molar-refractivity contribution in [2.24, 2.45) is 11.8 Å². The molecule has 2 aromatic rings. The third kappa shape index (κ3) is 3.02. The van der Waals surface area contributed by atoms with Gasteiger partial charge < -0.3 is 9.84 Å². The lowest BCUT2D eigenvalue weighted by atomic mass is 9.72. The molecule has 1 aromatic carbocycles. The van der Waals surface area contributed by atoms with Gasteiger partial charge in [0.15, 0.2) is 0 Å². The molecule has 25 heavy (non-hydrogen) atoms. The van der Waals surface area contributed by atoms with E-state index >= 15 is 0 Å². The van der Waals surface area contributed by atoms with Crippen LogP contribution in [0.15, 0.2) is 30.5 Å². The van der Waals surface area contributed by atoms with Crippen LogP contribution < -0.4 is 4.74 Å². The molecule has 1 N–H and O–H groups in total. The molecule has 5 rings (SSSR count). The summed E-state index contributed by atoms with van der Waals surface area (Å²) in [7, 11) is 0. The molecule has 1 aromatic heterocycles. The van der Waals surface area contributed by atoms with Gasteiger partial charge in [0.1, 0.15) is 5.75 Å². The number of aliphatic hydroxyl groups excluding tert-OH is 1. The number of piperidine rings is 3. The van der Waals surface area contributed by atoms with E-state index in [1.165, 1.54) is 12.8 Å². The van der Waals surface area contributed by atoms with Crippen LogP contribution in [0.1, 0.15) is 44.8 Å². The van der Waals surface area contributed by atoms with E-state index in [1.807, 2.05) is 37.4 Å². The summed E-state index contributed by atoms with van der Waals surface area (Å²) in [6, 6.07) is 8.16. The second-order valence-corrected chi connectivity index (χ2v) is 7.47. The Morgan fingerprint density at radius 2 is 2.20 bits per heavy atom. The Morgan fingerprint density at radius 1 is 1.32 bits per heavy atom. The number of rotatable bonds is 5. The van der Waals surface area contributed by atoms with Gasteiger partial charge in [-0.1, -0.05) is 13.3 Å². The lowest BCUT2D eigenvalue weighted by molar-refractivity contribution is -0.0562. The van der Waals surface area contributed by atoms with Gasteiger partial charge >= 0.3 is 0 Å². The zero-order valence-corrected chi connectivity index (χ0v) is 15.2. The average molecular weight is 340 g/mol. The van der Waals surface area contributed by atoms with Crippen molar-refractivity contribution in [3.8, 4) is 5.75 Å². The molecule has 3 aliphatic heterocycles. The third-order valence-electron chi connectivity index (χ3n) is 6.20. The van der Waals surface area contributed by atoms with E-state index in [1.54, 1.807) is 0 Å². The number of fused-ring (bicyclic) bond motifs is 4. The predicted octanol–water partition coefficient (Wildman–Crippen LogP) is 3.79. The first-order valence-corrected chi connectivity index (χ1v) is 9.64. The van der Waals surface area contributed by atoms with Crippen molar-refractivity contribution in [3.63, 3.8) is 0 Å². The fourth-order valence-electron chi connectivity index (χ4n) is 4.84. The quantitative estimate of drug-likeness (QED) is 0.899. The SMILES string of the molecule is CCOc1ccc2nccc([C@@H](O)C3CC4CCN3C[C@H]4CC)c2c1. The van der Waals surface area contributed by atoms with Crippen LogP contribution >= 0.6 is 0 Å². The molecule has 0 saturated carbocycles. The molecule has 0 amide bonds. The molecule has 134 valence electrons. The zero-order valence-electron chi connectivity index (χ0n) is 15.2. The Kier molecular flexibility index (Phi) is 4.65. The Labute approximate surface area is 149 Å². The van der Waals surface area contributed by atoms with Crippen LogP contribution in [0, 0.1) is 11.8 Å². The number of aromatic nitrogens is 1. The monoisotopic (exact) mass is 340 g/mol. The van der Waals surface area contributed by atoms with E-state index in [2.05, 4.69) is 16.8 Å². The normalized spacial score (nSPS) is 29.7. The molecule has 3 unspecified atom stereocenters. The summed E-state index contributed by atoms with van der Waals surface area (Å²) in [5.74, 6) is 2.41. The second-order valence-electron chi connectivity index (χ2n) is 7.47. The number of ether oxygens (including phenoxy) is 1. The highest BCUT2D eigenvalue weighted by Crippen LogP contribution is 2.42. The van der Waals surface area contributed by atoms with Crippen molar-refractivity contribution in [1.82, 2.24) is 9.88 Å². The first-order valence-electron chi connectivity index (χ1n) is 9.64. The Morgan fingerprint density at radius 3 is 2.92 bits per heavy atom. The maximum absolute atomic E-state index is 11.2. The minimum absolute atomic E-state index is 0.225. The largest absolute Gasteiger partial charge is 0.494 e. The van der Waals surface area contributed by atoms with Crippen molar-refractivity contribution in [2.75, 3.05) is 19.7 Å². The number of benzene rings is 1. The summed E-state index contributed by atoms with van der Waals surface area (Å²) < 4.78 is 5.65. The molecule has 4 heterocycles. The molecule has 0 aliphatic carbocycles. The van der Waals surface area contributed by atoms with E-state index in [0.717, 1.165) is 53.6 Å². The van der Waals surface area contributed by atoms with Gasteiger partial charge in [0, 0.05) is 24.2 Å². The van der Waals surface area contributed by atoms with Crippen LogP contribution in [-0.4, -0.2) is 40.7 Å². The van der Waals surface area contributed by atoms with Gasteiger partial charge in [-0.3, -0.25) is 9.88 Å². The number of hydrogen-bond acceptors (Lipinski definition) is 4. The van der Waals surface area contributed by atoms with Crippen LogP contribution in [0.25, 0.3) is 10.9 Å². The van der Waals surface area contributed by atoms with Gasteiger partial charge in [0.05, 0.1) is 18.2 Å². The summed E-state index contributed by atoms with van der Waals surface area (Å²) in [5.41, 5.74) is 1.90. The predicted molar refractivity (Wildman–Crippen MR) is 99.7 cm³/mol. The van der Waals surface area contributed by atoms with Gasteiger partial charge in [0.25, 0.3) is 0 Å². The first kappa shape index (κ1) is 16.8. The first-order chi connectivity index (χ1) is 12.2. The van der Waals surface area contributed by atoms with E-state index < -0.39 is 6.10 Å². The lowest BCUT2D eigenvalue weighted by Gasteiger charge is -2.51. The maximum atomic E-state index is 11.2. The molecule has 2 bridgehead atoms. The van der Waals surface area contributed by atoms with Gasteiger partial charge in [-0.2, -0.15) is 0 Å². The summed E-state index contributed by atoms with van der Waals surface area (Å²) >= 11 is 0. The smallest absolute Gasteiger partial charge is 0.120 e. The number of aliphatic hydroxyl groups is 1. The van der Waals surface area contributed by atoms with E-state index in [4.69, 9.17) is 4.74 Å². The zero-order chi connectivity index (χ0) is 17.4. The lowest BCUT2D eigenvalue weighted by Crippen LogP contribution is -2.55. The van der Waals surface area contributed by atoms with Crippen LogP contribution in [0.2, 0.25) is 0 Å². The molecule has 4 heteroatoms. The molecule has 3 saturated heterocycles. The minimum atomic E-state index is -0.469. The Balaban J connectivity index is 1.66. The topological polar surface area (TPSA) is 45.6 Å². The molecular formula is C21H28N2O2. The van der Waals surface area contributed by atoms with E-state index in [-0.39, 0.29) is 6.04 Å². The van der Waals surface area contributed by atoms with Crippen molar-refractivity contribution < 1.29 is 9.84 Å². The summed E-state index contributed by atoms with van der Waals surface area (Å²) in [6.45, 7) is 7.18. The highest BCUT2D eigenvalue weighted by atomic mass is 16.5. The van der Waals surface area contributed by atoms with Crippen molar-refractivity contribution >= 4 is 10.9 Å². The average Bonchev–Trinajstić information content (AvgIpc) is 2.67. The van der Waals surface area contributed by atoms with E-state index in [0.29, 0.717) is 6.61 Å². The summed E-state index contributed by atoms with van der Waals surface area (Å²) in [5, 5.41) is 12.2. The maximum Gasteiger partial charge on any atom is 0.120 e. The molecular weight excluding hydrogens is 312 g/mol. The molecule has 3 fully saturated rings. The van der Waals surface area contributed by atoms with Crippen molar-refractivity contribution in [2.45, 2.75) is 45.3 Å². The van der Waals surface area contributed by atoms with Gasteiger partial charge in [-0.15, -0.1) is 0 Å².